The van der Waals surface area contributed by atoms with Gasteiger partial charge in [0.1, 0.15) is 0 Å². The van der Waals surface area contributed by atoms with E-state index in [1.54, 1.807) is 0 Å². The fourth-order valence-electron chi connectivity index (χ4n) is 12.6. The molecule has 0 amide bonds. The quantitative estimate of drug-likeness (QED) is 0.167. The van der Waals surface area contributed by atoms with Crippen molar-refractivity contribution in [1.82, 2.24) is 19.5 Å². The van der Waals surface area contributed by atoms with Gasteiger partial charge < -0.3 is 4.57 Å². The molecule has 6 heteroatoms. The summed E-state index contributed by atoms with van der Waals surface area (Å²) in [5.74, 6) is 1.77. The van der Waals surface area contributed by atoms with Crippen molar-refractivity contribution in [2.24, 2.45) is 0 Å². The molecule has 354 valence electrons. The Morgan fingerprint density at radius 1 is 0.342 bits per heavy atom. The predicted octanol–water partition coefficient (Wildman–Crippen LogP) is 18.2. The Morgan fingerprint density at radius 3 is 1.71 bits per heavy atom. The molecule has 0 saturated carbocycles. The zero-order valence-electron chi connectivity index (χ0n) is 41.0. The third-order valence-electron chi connectivity index (χ3n) is 15.8. The van der Waals surface area contributed by atoms with Gasteiger partial charge in [-0.3, -0.25) is 4.90 Å². The van der Waals surface area contributed by atoms with E-state index in [2.05, 4.69) is 234 Å². The van der Waals surface area contributed by atoms with Crippen molar-refractivity contribution in [2.45, 2.75) is 5.41 Å². The number of aromatic nitrogens is 4. The topological polar surface area (TPSA) is 46.8 Å². The summed E-state index contributed by atoms with van der Waals surface area (Å²) >= 11 is 1.87. The highest BCUT2D eigenvalue weighted by Crippen LogP contribution is 2.65. The lowest BCUT2D eigenvalue weighted by atomic mass is 9.64. The summed E-state index contributed by atoms with van der Waals surface area (Å²) < 4.78 is 5.00. The largest absolute Gasteiger partial charge is 0.309 e. The minimum atomic E-state index is -0.687. The SMILES string of the molecule is c1ccc(-c2cccc(-n3c4ccccc4c4cc(-c5ccc6c(c5)N(c5nc(-c7ccccc7)nc(-c7ccccc7)n5)c5ccccc5C65c6ccccc6-c6c5ccc5sc7ccccc7c65)ccc43)c2)cc1. The van der Waals surface area contributed by atoms with E-state index in [1.165, 1.54) is 81.0 Å². The molecular weight excluding hydrogens is 943 g/mol. The highest BCUT2D eigenvalue weighted by Gasteiger charge is 2.52. The standard InChI is InChI=1S/C70H43N5S/c1-4-19-44(20-5-1)47-25-18-26-50(41-47)74-59-32-15-11-27-51(59)54-42-48(36-39-60(54)74)49-35-37-57-62(43-49)75(69-72-67(45-21-6-2-7-22-45)71-68(73-69)46-23-8-3-9-24-46)61-33-16-14-31-56(61)70(57)55-30-13-10-28-52(55)65-58(70)38-40-64-66(65)53-29-12-17-34-63(53)76-64/h1-43H. The van der Waals surface area contributed by atoms with Gasteiger partial charge in [0.2, 0.25) is 5.95 Å². The molecule has 14 aromatic rings. The van der Waals surface area contributed by atoms with E-state index >= 15 is 0 Å². The van der Waals surface area contributed by atoms with Gasteiger partial charge in [0.25, 0.3) is 0 Å². The summed E-state index contributed by atoms with van der Waals surface area (Å²) in [6, 6.07) is 94.7. The molecule has 1 atom stereocenters. The first-order valence-corrected chi connectivity index (χ1v) is 26.7. The van der Waals surface area contributed by atoms with E-state index < -0.39 is 5.41 Å². The Kier molecular flexibility index (Phi) is 9.35. The van der Waals surface area contributed by atoms with Crippen molar-refractivity contribution in [3.8, 4) is 61.8 Å². The van der Waals surface area contributed by atoms with Crippen LogP contribution in [0.1, 0.15) is 22.3 Å². The van der Waals surface area contributed by atoms with Crippen molar-refractivity contribution >= 4 is 70.6 Å². The van der Waals surface area contributed by atoms with Crippen molar-refractivity contribution in [1.29, 1.82) is 0 Å². The molecule has 2 aliphatic rings. The first-order chi connectivity index (χ1) is 37.7. The van der Waals surface area contributed by atoms with Crippen LogP contribution in [0.3, 0.4) is 0 Å². The van der Waals surface area contributed by atoms with Crippen LogP contribution in [0, 0.1) is 0 Å². The van der Waals surface area contributed by atoms with Crippen LogP contribution >= 0.6 is 11.3 Å². The first kappa shape index (κ1) is 42.7. The Morgan fingerprint density at radius 2 is 0.921 bits per heavy atom. The van der Waals surface area contributed by atoms with Gasteiger partial charge in [-0.2, -0.15) is 9.97 Å². The smallest absolute Gasteiger partial charge is 0.238 e. The van der Waals surface area contributed by atoms with E-state index in [-0.39, 0.29) is 0 Å². The summed E-state index contributed by atoms with van der Waals surface area (Å²) in [5.41, 5.74) is 18.7. The molecule has 1 aliphatic heterocycles. The normalized spacial score (nSPS) is 14.3. The molecule has 0 saturated heterocycles. The van der Waals surface area contributed by atoms with Crippen LogP contribution in [0.2, 0.25) is 0 Å². The number of rotatable bonds is 6. The first-order valence-electron chi connectivity index (χ1n) is 25.8. The number of anilines is 3. The maximum absolute atomic E-state index is 5.46. The molecule has 1 spiro atoms. The van der Waals surface area contributed by atoms with E-state index in [0.29, 0.717) is 17.6 Å². The van der Waals surface area contributed by atoms with Gasteiger partial charge in [-0.15, -0.1) is 11.3 Å². The maximum atomic E-state index is 5.46. The molecule has 4 heterocycles. The Hall–Kier alpha value is -9.75. The number of thiophene rings is 1. The number of nitrogens with zero attached hydrogens (tertiary/aromatic N) is 5. The monoisotopic (exact) mass is 985 g/mol. The molecule has 1 aliphatic carbocycles. The highest BCUT2D eigenvalue weighted by molar-refractivity contribution is 7.26. The lowest BCUT2D eigenvalue weighted by molar-refractivity contribution is 0.750. The zero-order valence-corrected chi connectivity index (χ0v) is 41.8. The fourth-order valence-corrected chi connectivity index (χ4v) is 13.7. The van der Waals surface area contributed by atoms with Crippen LogP contribution in [0.4, 0.5) is 17.3 Å². The summed E-state index contributed by atoms with van der Waals surface area (Å²) in [7, 11) is 0. The van der Waals surface area contributed by atoms with Gasteiger partial charge in [-0.05, 0) is 110 Å². The molecule has 0 radical (unpaired) electrons. The molecule has 5 nitrogen and oxygen atoms in total. The molecular formula is C70H43N5S. The lowest BCUT2D eigenvalue weighted by Gasteiger charge is -2.44. The third kappa shape index (κ3) is 6.22. The fraction of sp³-hybridized carbons (Fsp3) is 0.0143. The molecule has 0 fully saturated rings. The van der Waals surface area contributed by atoms with E-state index in [0.717, 1.165) is 44.8 Å². The second-order valence-electron chi connectivity index (χ2n) is 19.9. The third-order valence-corrected chi connectivity index (χ3v) is 17.0. The second kappa shape index (κ2) is 16.6. The van der Waals surface area contributed by atoms with Crippen molar-refractivity contribution < 1.29 is 0 Å². The highest BCUT2D eigenvalue weighted by atomic mass is 32.1. The Labute approximate surface area is 443 Å². The Balaban J connectivity index is 0.968. The zero-order chi connectivity index (χ0) is 49.9. The van der Waals surface area contributed by atoms with Crippen molar-refractivity contribution in [3.05, 3.63) is 283 Å². The molecule has 11 aromatic carbocycles. The maximum Gasteiger partial charge on any atom is 0.238 e. The predicted molar refractivity (Wildman–Crippen MR) is 314 cm³/mol. The van der Waals surface area contributed by atoms with Gasteiger partial charge in [0, 0.05) is 47.8 Å². The molecule has 16 rings (SSSR count). The minimum Gasteiger partial charge on any atom is -0.309 e. The number of benzene rings is 11. The van der Waals surface area contributed by atoms with Crippen LogP contribution in [-0.4, -0.2) is 19.5 Å². The van der Waals surface area contributed by atoms with Crippen LogP contribution in [0.15, 0.2) is 261 Å². The average Bonchev–Trinajstić information content (AvgIpc) is 4.30. The van der Waals surface area contributed by atoms with E-state index in [9.17, 15) is 0 Å². The lowest BCUT2D eigenvalue weighted by Crippen LogP contribution is -2.36. The van der Waals surface area contributed by atoms with Crippen molar-refractivity contribution in [3.63, 3.8) is 0 Å². The van der Waals surface area contributed by atoms with Gasteiger partial charge in [0.15, 0.2) is 11.6 Å². The summed E-state index contributed by atoms with van der Waals surface area (Å²) in [4.78, 5) is 18.4. The second-order valence-corrected chi connectivity index (χ2v) is 20.9. The average molecular weight is 986 g/mol. The number of para-hydroxylation sites is 2. The summed E-state index contributed by atoms with van der Waals surface area (Å²) in [6.07, 6.45) is 0. The van der Waals surface area contributed by atoms with Crippen LogP contribution in [0.5, 0.6) is 0 Å². The van der Waals surface area contributed by atoms with Crippen LogP contribution in [-0.2, 0) is 5.41 Å². The van der Waals surface area contributed by atoms with Gasteiger partial charge >= 0.3 is 0 Å². The number of fused-ring (bicyclic) bond motifs is 16. The number of hydrogen-bond donors (Lipinski definition) is 0. The molecule has 1 unspecified atom stereocenters. The van der Waals surface area contributed by atoms with Crippen LogP contribution in [0.25, 0.3) is 104 Å². The van der Waals surface area contributed by atoms with E-state index in [1.807, 2.05) is 47.7 Å². The minimum absolute atomic E-state index is 0.551. The van der Waals surface area contributed by atoms with Crippen LogP contribution < -0.4 is 4.90 Å². The summed E-state index contributed by atoms with van der Waals surface area (Å²) in [6.45, 7) is 0. The van der Waals surface area contributed by atoms with Gasteiger partial charge in [0.05, 0.1) is 27.8 Å². The van der Waals surface area contributed by atoms with Gasteiger partial charge in [-0.1, -0.05) is 206 Å². The summed E-state index contributed by atoms with van der Waals surface area (Å²) in [5, 5.41) is 5.01. The molecule has 0 N–H and O–H groups in total. The molecule has 3 aromatic heterocycles. The van der Waals surface area contributed by atoms with Crippen molar-refractivity contribution in [2.75, 3.05) is 4.90 Å². The van der Waals surface area contributed by atoms with E-state index in [4.69, 9.17) is 15.0 Å². The molecule has 0 bridgehead atoms. The number of hydrogen-bond acceptors (Lipinski definition) is 5. The Bertz CT molecular complexity index is 4600. The molecule has 76 heavy (non-hydrogen) atoms. The van der Waals surface area contributed by atoms with Gasteiger partial charge in [-0.25, -0.2) is 4.98 Å².